The average molecular weight is 253 g/mol. The summed E-state index contributed by atoms with van der Waals surface area (Å²) in [5.74, 6) is 1.42. The number of hydrogen-bond donors (Lipinski definition) is 0. The first-order valence-electron chi connectivity index (χ1n) is 6.39. The molecule has 1 heterocycles. The predicted molar refractivity (Wildman–Crippen MR) is 72.4 cm³/mol. The second kappa shape index (κ2) is 4.84. The first-order chi connectivity index (χ1) is 9.29. The lowest BCUT2D eigenvalue weighted by Crippen LogP contribution is -2.05. The molecular weight excluding hydrogens is 238 g/mol. The fraction of sp³-hybridized carbons (Fsp3) is 0.250. The van der Waals surface area contributed by atoms with E-state index in [2.05, 4.69) is 4.98 Å². The summed E-state index contributed by atoms with van der Waals surface area (Å²) in [5.41, 5.74) is 1.78. The molecule has 1 aliphatic rings. The topological polar surface area (TPSA) is 39.2 Å². The molecule has 1 aliphatic carbocycles. The molecule has 1 saturated carbocycles. The molecule has 3 nitrogen and oxygen atoms in total. The van der Waals surface area contributed by atoms with Gasteiger partial charge in [0.15, 0.2) is 5.78 Å². The molecule has 0 amide bonds. The summed E-state index contributed by atoms with van der Waals surface area (Å²) >= 11 is 0. The highest BCUT2D eigenvalue weighted by molar-refractivity contribution is 5.98. The molecule has 1 aromatic heterocycles. The van der Waals surface area contributed by atoms with Gasteiger partial charge in [-0.25, -0.2) is 0 Å². The van der Waals surface area contributed by atoms with Crippen LogP contribution in [0.15, 0.2) is 48.7 Å². The number of carbonyl (C=O) groups excluding carboxylic acids is 1. The van der Waals surface area contributed by atoms with Gasteiger partial charge >= 0.3 is 0 Å². The van der Waals surface area contributed by atoms with Gasteiger partial charge < -0.3 is 4.74 Å². The molecule has 0 N–H and O–H groups in total. The Balaban J connectivity index is 1.72. The number of aromatic nitrogens is 1. The Labute approximate surface area is 112 Å². The van der Waals surface area contributed by atoms with Gasteiger partial charge in [0.1, 0.15) is 11.4 Å². The number of hydrogen-bond acceptors (Lipinski definition) is 3. The summed E-state index contributed by atoms with van der Waals surface area (Å²) in [6, 6.07) is 13.4. The van der Waals surface area contributed by atoms with E-state index in [1.807, 2.05) is 36.4 Å². The highest BCUT2D eigenvalue weighted by Gasteiger charge is 2.44. The van der Waals surface area contributed by atoms with Gasteiger partial charge in [-0.1, -0.05) is 18.2 Å². The van der Waals surface area contributed by atoms with E-state index in [1.54, 1.807) is 19.4 Å². The molecule has 2 atom stereocenters. The summed E-state index contributed by atoms with van der Waals surface area (Å²) < 4.78 is 5.14. The number of benzene rings is 1. The minimum atomic E-state index is 0.0864. The van der Waals surface area contributed by atoms with E-state index < -0.39 is 0 Å². The molecule has 0 unspecified atom stereocenters. The van der Waals surface area contributed by atoms with Crippen LogP contribution in [0.4, 0.5) is 0 Å². The van der Waals surface area contributed by atoms with Crippen LogP contribution in [0.2, 0.25) is 0 Å². The molecule has 1 aromatic carbocycles. The first-order valence-corrected chi connectivity index (χ1v) is 6.39. The lowest BCUT2D eigenvalue weighted by Gasteiger charge is -2.03. The van der Waals surface area contributed by atoms with Gasteiger partial charge in [-0.2, -0.15) is 0 Å². The van der Waals surface area contributed by atoms with Crippen LogP contribution in [0.1, 0.15) is 28.4 Å². The van der Waals surface area contributed by atoms with E-state index in [1.165, 1.54) is 5.56 Å². The lowest BCUT2D eigenvalue weighted by atomic mass is 10.1. The van der Waals surface area contributed by atoms with Gasteiger partial charge in [0.2, 0.25) is 0 Å². The SMILES string of the molecule is COc1ccc([C@H]2C[C@@H]2C(=O)c2ccccn2)cc1. The van der Waals surface area contributed by atoms with Crippen molar-refractivity contribution in [3.8, 4) is 5.75 Å². The second-order valence-corrected chi connectivity index (χ2v) is 4.80. The van der Waals surface area contributed by atoms with Crippen LogP contribution in [0.3, 0.4) is 0 Å². The summed E-state index contributed by atoms with van der Waals surface area (Å²) in [5, 5.41) is 0. The minimum absolute atomic E-state index is 0.0864. The Morgan fingerprint density at radius 2 is 2.00 bits per heavy atom. The van der Waals surface area contributed by atoms with E-state index in [0.717, 1.165) is 12.2 Å². The number of pyridine rings is 1. The second-order valence-electron chi connectivity index (χ2n) is 4.80. The van der Waals surface area contributed by atoms with Crippen molar-refractivity contribution in [3.63, 3.8) is 0 Å². The van der Waals surface area contributed by atoms with Crippen LogP contribution >= 0.6 is 0 Å². The number of rotatable bonds is 4. The number of ether oxygens (including phenoxy) is 1. The third-order valence-electron chi connectivity index (χ3n) is 3.59. The van der Waals surface area contributed by atoms with Gasteiger partial charge in [0.25, 0.3) is 0 Å². The normalized spacial score (nSPS) is 20.9. The molecule has 0 bridgehead atoms. The van der Waals surface area contributed by atoms with Crippen LogP contribution in [0.25, 0.3) is 0 Å². The molecule has 0 aliphatic heterocycles. The molecular formula is C16H15NO2. The largest absolute Gasteiger partial charge is 0.497 e. The third-order valence-corrected chi connectivity index (χ3v) is 3.59. The van der Waals surface area contributed by atoms with Gasteiger partial charge in [0.05, 0.1) is 7.11 Å². The minimum Gasteiger partial charge on any atom is -0.497 e. The maximum absolute atomic E-state index is 12.2. The standard InChI is InChI=1S/C16H15NO2/c1-19-12-7-5-11(6-8-12)13-10-14(13)16(18)15-4-2-3-9-17-15/h2-9,13-14H,10H2,1H3/t13-,14+/m1/s1. The zero-order valence-corrected chi connectivity index (χ0v) is 10.7. The fourth-order valence-electron chi connectivity index (χ4n) is 2.40. The Morgan fingerprint density at radius 3 is 2.63 bits per heavy atom. The van der Waals surface area contributed by atoms with Crippen molar-refractivity contribution < 1.29 is 9.53 Å². The Morgan fingerprint density at radius 1 is 1.21 bits per heavy atom. The maximum atomic E-state index is 12.2. The number of nitrogens with zero attached hydrogens (tertiary/aromatic N) is 1. The Kier molecular flexibility index (Phi) is 3.03. The lowest BCUT2D eigenvalue weighted by molar-refractivity contribution is 0.0960. The van der Waals surface area contributed by atoms with Gasteiger partial charge in [-0.3, -0.25) is 9.78 Å². The fourth-order valence-corrected chi connectivity index (χ4v) is 2.40. The summed E-state index contributed by atoms with van der Waals surface area (Å²) in [6.45, 7) is 0. The first kappa shape index (κ1) is 11.9. The average Bonchev–Trinajstić information content (AvgIpc) is 3.28. The number of ketones is 1. The van der Waals surface area contributed by atoms with E-state index in [4.69, 9.17) is 4.74 Å². The van der Waals surface area contributed by atoms with Crippen molar-refractivity contribution in [2.24, 2.45) is 5.92 Å². The third kappa shape index (κ3) is 2.36. The molecule has 3 heteroatoms. The van der Waals surface area contributed by atoms with E-state index in [0.29, 0.717) is 11.6 Å². The summed E-state index contributed by atoms with van der Waals surface area (Å²) in [6.07, 6.45) is 2.58. The van der Waals surface area contributed by atoms with Gasteiger partial charge in [0, 0.05) is 12.1 Å². The molecule has 0 spiro atoms. The monoisotopic (exact) mass is 253 g/mol. The van der Waals surface area contributed by atoms with E-state index >= 15 is 0 Å². The highest BCUT2D eigenvalue weighted by atomic mass is 16.5. The number of Topliss-reactive ketones (excluding diaryl/α,β-unsaturated/α-hetero) is 1. The van der Waals surface area contributed by atoms with Crippen molar-refractivity contribution >= 4 is 5.78 Å². The molecule has 0 saturated heterocycles. The maximum Gasteiger partial charge on any atom is 0.184 e. The van der Waals surface area contributed by atoms with Gasteiger partial charge in [-0.15, -0.1) is 0 Å². The highest BCUT2D eigenvalue weighted by Crippen LogP contribution is 2.49. The molecule has 19 heavy (non-hydrogen) atoms. The molecule has 3 rings (SSSR count). The summed E-state index contributed by atoms with van der Waals surface area (Å²) in [4.78, 5) is 16.4. The van der Waals surface area contributed by atoms with Crippen molar-refractivity contribution in [3.05, 3.63) is 59.9 Å². The van der Waals surface area contributed by atoms with Gasteiger partial charge in [-0.05, 0) is 42.2 Å². The zero-order chi connectivity index (χ0) is 13.2. The smallest absolute Gasteiger partial charge is 0.184 e. The number of methoxy groups -OCH3 is 1. The van der Waals surface area contributed by atoms with Crippen molar-refractivity contribution in [2.45, 2.75) is 12.3 Å². The Bertz CT molecular complexity index is 577. The van der Waals surface area contributed by atoms with Crippen LogP contribution in [-0.4, -0.2) is 17.9 Å². The van der Waals surface area contributed by atoms with E-state index in [-0.39, 0.29) is 11.7 Å². The molecule has 96 valence electrons. The van der Waals surface area contributed by atoms with E-state index in [9.17, 15) is 4.79 Å². The molecule has 2 aromatic rings. The Hall–Kier alpha value is -2.16. The molecule has 0 radical (unpaired) electrons. The number of carbonyl (C=O) groups is 1. The molecule has 1 fully saturated rings. The van der Waals surface area contributed by atoms with Crippen molar-refractivity contribution in [1.29, 1.82) is 0 Å². The van der Waals surface area contributed by atoms with Crippen molar-refractivity contribution in [2.75, 3.05) is 7.11 Å². The summed E-state index contributed by atoms with van der Waals surface area (Å²) in [7, 11) is 1.65. The van der Waals surface area contributed by atoms with Crippen LogP contribution in [0.5, 0.6) is 5.75 Å². The predicted octanol–water partition coefficient (Wildman–Crippen LogP) is 3.08. The van der Waals surface area contributed by atoms with Crippen LogP contribution in [-0.2, 0) is 0 Å². The van der Waals surface area contributed by atoms with Crippen LogP contribution < -0.4 is 4.74 Å². The van der Waals surface area contributed by atoms with Crippen LogP contribution in [0, 0.1) is 5.92 Å². The quantitative estimate of drug-likeness (QED) is 0.786. The zero-order valence-electron chi connectivity index (χ0n) is 10.7. The van der Waals surface area contributed by atoms with Crippen molar-refractivity contribution in [1.82, 2.24) is 4.98 Å².